The van der Waals surface area contributed by atoms with Crippen LogP contribution in [0.3, 0.4) is 0 Å². The summed E-state index contributed by atoms with van der Waals surface area (Å²) in [6.07, 6.45) is 2.07. The van der Waals surface area contributed by atoms with Crippen LogP contribution in [-0.2, 0) is 6.42 Å². The molecule has 0 bridgehead atoms. The normalized spacial score (nSPS) is 15.7. The van der Waals surface area contributed by atoms with Gasteiger partial charge < -0.3 is 4.90 Å². The van der Waals surface area contributed by atoms with E-state index in [1.165, 1.54) is 17.3 Å². The Hall–Kier alpha value is -3.05. The second kappa shape index (κ2) is 7.41. The molecule has 8 heteroatoms. The van der Waals surface area contributed by atoms with E-state index < -0.39 is 11.8 Å². The Labute approximate surface area is 176 Å². The molecule has 0 unspecified atom stereocenters. The lowest BCUT2D eigenvalue weighted by atomic mass is 10.0. The average molecular weight is 452 g/mol. The van der Waals surface area contributed by atoms with Crippen molar-refractivity contribution in [1.29, 1.82) is 5.26 Å². The van der Waals surface area contributed by atoms with Crippen molar-refractivity contribution in [3.8, 4) is 6.07 Å². The number of carbonyl (C=O) groups excluding carboxylic acids is 2. The minimum absolute atomic E-state index is 0.191. The lowest BCUT2D eigenvalue weighted by Gasteiger charge is -2.27. The average Bonchev–Trinajstić information content (AvgIpc) is 2.96. The van der Waals surface area contributed by atoms with Gasteiger partial charge in [-0.1, -0.05) is 0 Å². The number of hydrogen-bond acceptors (Lipinski definition) is 6. The zero-order valence-corrected chi connectivity index (χ0v) is 17.7. The van der Waals surface area contributed by atoms with Gasteiger partial charge in [0.15, 0.2) is 0 Å². The molecule has 2 aromatic carbocycles. The van der Waals surface area contributed by atoms with Gasteiger partial charge in [-0.3, -0.25) is 14.5 Å². The largest absolute Gasteiger partial charge is 0.374 e. The van der Waals surface area contributed by atoms with Gasteiger partial charge in [0.25, 0.3) is 11.8 Å². The monoisotopic (exact) mass is 451 g/mol. The van der Waals surface area contributed by atoms with Gasteiger partial charge in [-0.25, -0.2) is 0 Å². The number of rotatable bonds is 3. The number of amides is 2. The fourth-order valence-corrected chi connectivity index (χ4v) is 4.48. The Balaban J connectivity index is 1.75. The van der Waals surface area contributed by atoms with Crippen LogP contribution in [0.2, 0.25) is 0 Å². The number of halogens is 1. The summed E-state index contributed by atoms with van der Waals surface area (Å²) in [6.45, 7) is 3.03. The van der Waals surface area contributed by atoms with Crippen LogP contribution in [0.5, 0.6) is 0 Å². The van der Waals surface area contributed by atoms with Crippen LogP contribution in [0.4, 0.5) is 17.1 Å². The Morgan fingerprint density at radius 1 is 1.21 bits per heavy atom. The molecule has 2 aromatic rings. The maximum Gasteiger partial charge on any atom is 0.262 e. The van der Waals surface area contributed by atoms with Crippen molar-refractivity contribution in [2.24, 2.45) is 10.2 Å². The van der Waals surface area contributed by atoms with Crippen molar-refractivity contribution < 1.29 is 9.59 Å². The molecule has 0 aromatic heterocycles. The Bertz CT molecular complexity index is 1120. The Morgan fingerprint density at radius 2 is 2.00 bits per heavy atom. The number of fused-ring (bicyclic) bond motifs is 2. The van der Waals surface area contributed by atoms with Crippen LogP contribution < -0.4 is 4.90 Å². The summed E-state index contributed by atoms with van der Waals surface area (Å²) in [5, 5.41) is 18.1. The van der Waals surface area contributed by atoms with Crippen molar-refractivity contribution in [3.63, 3.8) is 0 Å². The van der Waals surface area contributed by atoms with Gasteiger partial charge in [-0.05, 0) is 65.5 Å². The van der Waals surface area contributed by atoms with Crippen molar-refractivity contribution in [3.05, 3.63) is 51.0 Å². The highest BCUT2D eigenvalue weighted by atomic mass is 79.9. The lowest BCUT2D eigenvalue weighted by Crippen LogP contribution is -2.29. The van der Waals surface area contributed by atoms with E-state index in [0.717, 1.165) is 24.3 Å². The van der Waals surface area contributed by atoms with E-state index in [1.807, 2.05) is 18.2 Å². The minimum atomic E-state index is -0.396. The van der Waals surface area contributed by atoms with E-state index in [9.17, 15) is 14.9 Å². The first-order valence-electron chi connectivity index (χ1n) is 9.34. The third-order valence-corrected chi connectivity index (χ3v) is 6.06. The summed E-state index contributed by atoms with van der Waals surface area (Å²) in [4.78, 5) is 28.4. The highest BCUT2D eigenvalue weighted by Gasteiger charge is 2.38. The number of azo groups is 1. The first-order chi connectivity index (χ1) is 14.0. The summed E-state index contributed by atoms with van der Waals surface area (Å²) < 4.78 is 0.322. The van der Waals surface area contributed by atoms with Crippen molar-refractivity contribution in [1.82, 2.24) is 4.90 Å². The van der Waals surface area contributed by atoms with Crippen LogP contribution in [0.25, 0.3) is 0 Å². The van der Waals surface area contributed by atoms with Gasteiger partial charge in [0.05, 0.1) is 26.9 Å². The molecule has 146 valence electrons. The van der Waals surface area contributed by atoms with E-state index in [0.29, 0.717) is 10.2 Å². The predicted octanol–water partition coefficient (Wildman–Crippen LogP) is 4.73. The Morgan fingerprint density at radius 3 is 2.72 bits per heavy atom. The standard InChI is InChI=1S/C21H18BrN5O2/c1-3-27-20(28)15-10-13(11-23)19(18(22)17(15)21(27)29)25-24-14-6-7-16-12(9-14)5-4-8-26(16)2/h6-7,9-10H,3-5,8H2,1-2H3/b25-24+. The van der Waals surface area contributed by atoms with E-state index in [-0.39, 0.29) is 28.9 Å². The number of nitrogens with zero attached hydrogens (tertiary/aromatic N) is 5. The molecule has 29 heavy (non-hydrogen) atoms. The minimum Gasteiger partial charge on any atom is -0.374 e. The van der Waals surface area contributed by atoms with Crippen LogP contribution in [0, 0.1) is 11.3 Å². The fourth-order valence-electron chi connectivity index (χ4n) is 3.80. The van der Waals surface area contributed by atoms with Gasteiger partial charge in [0.2, 0.25) is 0 Å². The molecule has 2 amide bonds. The van der Waals surface area contributed by atoms with Gasteiger partial charge in [-0.15, -0.1) is 5.11 Å². The molecule has 0 saturated heterocycles. The van der Waals surface area contributed by atoms with E-state index in [1.54, 1.807) is 6.92 Å². The number of anilines is 1. The first-order valence-corrected chi connectivity index (χ1v) is 10.1. The molecule has 0 radical (unpaired) electrons. The van der Waals surface area contributed by atoms with E-state index >= 15 is 0 Å². The fraction of sp³-hybridized carbons (Fsp3) is 0.286. The van der Waals surface area contributed by atoms with Crippen LogP contribution in [0.1, 0.15) is 45.2 Å². The molecular weight excluding hydrogens is 434 g/mol. The van der Waals surface area contributed by atoms with Crippen molar-refractivity contribution >= 4 is 44.8 Å². The second-order valence-electron chi connectivity index (χ2n) is 7.01. The summed E-state index contributed by atoms with van der Waals surface area (Å²) in [7, 11) is 2.07. The lowest BCUT2D eigenvalue weighted by molar-refractivity contribution is 0.0662. The number of imide groups is 1. The van der Waals surface area contributed by atoms with Crippen molar-refractivity contribution in [2.75, 3.05) is 25.0 Å². The van der Waals surface area contributed by atoms with Gasteiger partial charge in [0, 0.05) is 25.8 Å². The van der Waals surface area contributed by atoms with Crippen LogP contribution in [0.15, 0.2) is 39.0 Å². The molecule has 0 spiro atoms. The molecule has 2 aliphatic rings. The molecule has 0 fully saturated rings. The molecular formula is C21H18BrN5O2. The number of aryl methyl sites for hydroxylation is 1. The maximum absolute atomic E-state index is 12.6. The summed E-state index contributed by atoms with van der Waals surface area (Å²) in [6, 6.07) is 9.37. The predicted molar refractivity (Wildman–Crippen MR) is 112 cm³/mol. The number of hydrogen-bond donors (Lipinski definition) is 0. The first kappa shape index (κ1) is 19.3. The van der Waals surface area contributed by atoms with E-state index in [4.69, 9.17) is 0 Å². The second-order valence-corrected chi connectivity index (χ2v) is 7.81. The molecule has 0 N–H and O–H groups in total. The van der Waals surface area contributed by atoms with Crippen molar-refractivity contribution in [2.45, 2.75) is 19.8 Å². The highest BCUT2D eigenvalue weighted by Crippen LogP contribution is 2.40. The highest BCUT2D eigenvalue weighted by molar-refractivity contribution is 9.10. The summed E-state index contributed by atoms with van der Waals surface area (Å²) >= 11 is 3.38. The maximum atomic E-state index is 12.6. The third kappa shape index (κ3) is 3.12. The molecule has 0 saturated carbocycles. The topological polar surface area (TPSA) is 89.1 Å². The SMILES string of the molecule is CCN1C(=O)c2cc(C#N)c(/N=N/c3ccc4c(c3)CCCN4C)c(Br)c2C1=O. The number of carbonyl (C=O) groups is 2. The van der Waals surface area contributed by atoms with Gasteiger partial charge >= 0.3 is 0 Å². The van der Waals surface area contributed by atoms with Crippen LogP contribution in [-0.4, -0.2) is 36.9 Å². The summed E-state index contributed by atoms with van der Waals surface area (Å²) in [5.41, 5.74) is 3.97. The third-order valence-electron chi connectivity index (χ3n) is 5.29. The molecule has 7 nitrogen and oxygen atoms in total. The number of nitriles is 1. The van der Waals surface area contributed by atoms with Gasteiger partial charge in [0.1, 0.15) is 11.8 Å². The van der Waals surface area contributed by atoms with Crippen LogP contribution >= 0.6 is 15.9 Å². The van der Waals surface area contributed by atoms with Gasteiger partial charge in [-0.2, -0.15) is 10.4 Å². The Kier molecular flexibility index (Phi) is 4.92. The zero-order valence-electron chi connectivity index (χ0n) is 16.1. The van der Waals surface area contributed by atoms with E-state index in [2.05, 4.69) is 44.2 Å². The number of benzene rings is 2. The molecule has 2 aliphatic heterocycles. The molecule has 0 aliphatic carbocycles. The smallest absolute Gasteiger partial charge is 0.262 e. The molecule has 0 atom stereocenters. The summed E-state index contributed by atoms with van der Waals surface area (Å²) in [5.74, 6) is -0.788. The molecule has 4 rings (SSSR count). The zero-order chi connectivity index (χ0) is 20.7. The quantitative estimate of drug-likeness (QED) is 0.497. The molecule has 2 heterocycles.